The molecule has 1 aromatic heterocycles. The van der Waals surface area contributed by atoms with Gasteiger partial charge in [0.05, 0.1) is 0 Å². The van der Waals surface area contributed by atoms with Crippen molar-refractivity contribution in [1.82, 2.24) is 0 Å². The molecule has 2 aromatic rings. The summed E-state index contributed by atoms with van der Waals surface area (Å²) in [6.45, 7) is 0. The Kier molecular flexibility index (Phi) is 1.35. The number of nitrogens with zero attached hydrogens (tertiary/aromatic N) is 1. The van der Waals surface area contributed by atoms with Crippen molar-refractivity contribution in [1.29, 1.82) is 0 Å². The molecule has 1 heterocycles. The zero-order valence-corrected chi connectivity index (χ0v) is 6.41. The third kappa shape index (κ3) is 1.09. The number of benzene rings is 1. The quantitative estimate of drug-likeness (QED) is 0.492. The number of aromatic nitrogens is 1. The molecule has 53 valence electrons. The number of rotatable bonds is 0. The van der Waals surface area contributed by atoms with E-state index in [0.29, 0.717) is 0 Å². The highest BCUT2D eigenvalue weighted by Crippen LogP contribution is 2.08. The lowest BCUT2D eigenvalue weighted by Crippen LogP contribution is -2.25. The predicted molar refractivity (Wildman–Crippen MR) is 44.0 cm³/mol. The predicted octanol–water partition coefficient (Wildman–Crippen LogP) is 1.46. The Morgan fingerprint density at radius 3 is 3.18 bits per heavy atom. The van der Waals surface area contributed by atoms with Gasteiger partial charge in [-0.3, -0.25) is 0 Å². The topological polar surface area (TPSA) is 3.88 Å². The first-order valence-electron chi connectivity index (χ1n) is 3.62. The van der Waals surface area contributed by atoms with E-state index in [1.165, 1.54) is 10.8 Å². The second kappa shape index (κ2) is 2.35. The van der Waals surface area contributed by atoms with Gasteiger partial charge in [-0.05, 0) is 12.1 Å². The number of hydrogen-bond donors (Lipinski definition) is 0. The van der Waals surface area contributed by atoms with E-state index < -0.39 is 0 Å². The fraction of sp³-hybridized carbons (Fsp3) is 0.100. The maximum Gasteiger partial charge on any atom is 0.176 e. The van der Waals surface area contributed by atoms with E-state index in [1.54, 1.807) is 0 Å². The molecule has 0 saturated heterocycles. The van der Waals surface area contributed by atoms with Gasteiger partial charge < -0.3 is 0 Å². The van der Waals surface area contributed by atoms with Crippen LogP contribution in [-0.2, 0) is 7.05 Å². The summed E-state index contributed by atoms with van der Waals surface area (Å²) in [5, 5.41) is 2.41. The van der Waals surface area contributed by atoms with Crippen LogP contribution in [0.1, 0.15) is 0 Å². The summed E-state index contributed by atoms with van der Waals surface area (Å²) in [7, 11) is 2.02. The van der Waals surface area contributed by atoms with Crippen LogP contribution >= 0.6 is 0 Å². The zero-order chi connectivity index (χ0) is 7.68. The van der Waals surface area contributed by atoms with E-state index in [9.17, 15) is 0 Å². The molecule has 0 aliphatic carbocycles. The summed E-state index contributed by atoms with van der Waals surface area (Å²) in [5.41, 5.74) is 0. The molecule has 0 amide bonds. The van der Waals surface area contributed by atoms with E-state index in [2.05, 4.69) is 24.4 Å². The lowest BCUT2D eigenvalue weighted by molar-refractivity contribution is -0.670. The summed E-state index contributed by atoms with van der Waals surface area (Å²) in [6.07, 6.45) is 4.12. The van der Waals surface area contributed by atoms with Crippen LogP contribution < -0.4 is 4.57 Å². The van der Waals surface area contributed by atoms with E-state index >= 15 is 0 Å². The molecule has 0 bridgehead atoms. The van der Waals surface area contributed by atoms with Crippen molar-refractivity contribution in [3.63, 3.8) is 0 Å². The van der Waals surface area contributed by atoms with Gasteiger partial charge in [-0.15, -0.1) is 0 Å². The van der Waals surface area contributed by atoms with E-state index in [1.807, 2.05) is 29.9 Å². The Morgan fingerprint density at radius 1 is 1.36 bits per heavy atom. The van der Waals surface area contributed by atoms with Crippen LogP contribution in [0.4, 0.5) is 0 Å². The number of hydrogen-bond acceptors (Lipinski definition) is 0. The van der Waals surface area contributed by atoms with Crippen molar-refractivity contribution in [3.8, 4) is 0 Å². The minimum absolute atomic E-state index is 1.17. The van der Waals surface area contributed by atoms with Gasteiger partial charge in [0, 0.05) is 16.8 Å². The highest BCUT2D eigenvalue weighted by atomic mass is 14.9. The van der Waals surface area contributed by atoms with Gasteiger partial charge in [-0.25, -0.2) is 4.57 Å². The molecule has 0 fully saturated rings. The number of pyridine rings is 1. The molecule has 0 N–H and O–H groups in total. The summed E-state index contributed by atoms with van der Waals surface area (Å²) in [4.78, 5) is 0. The van der Waals surface area contributed by atoms with Crippen molar-refractivity contribution in [2.75, 3.05) is 0 Å². The molecular weight excluding hydrogens is 134 g/mol. The van der Waals surface area contributed by atoms with Gasteiger partial charge >= 0.3 is 0 Å². The SMILES string of the molecule is C[n+]1ccc2[c]cccc2c1. The van der Waals surface area contributed by atoms with Gasteiger partial charge in [0.15, 0.2) is 12.4 Å². The largest absolute Gasteiger partial charge is 0.207 e. The van der Waals surface area contributed by atoms with Crippen LogP contribution in [0.25, 0.3) is 10.8 Å². The van der Waals surface area contributed by atoms with Gasteiger partial charge in [0.2, 0.25) is 0 Å². The van der Waals surface area contributed by atoms with Crippen molar-refractivity contribution in [3.05, 3.63) is 42.7 Å². The molecular formula is C10H9N+. The lowest BCUT2D eigenvalue weighted by Gasteiger charge is -1.91. The average molecular weight is 143 g/mol. The minimum Gasteiger partial charge on any atom is -0.207 e. The maximum atomic E-state index is 3.16. The van der Waals surface area contributed by atoms with E-state index in [0.717, 1.165) is 0 Å². The van der Waals surface area contributed by atoms with Gasteiger partial charge in [-0.2, -0.15) is 0 Å². The van der Waals surface area contributed by atoms with Crippen LogP contribution in [0.2, 0.25) is 0 Å². The molecule has 1 aromatic carbocycles. The molecule has 0 saturated carbocycles. The van der Waals surface area contributed by atoms with Crippen LogP contribution in [-0.4, -0.2) is 0 Å². The second-order valence-corrected chi connectivity index (χ2v) is 2.65. The fourth-order valence-corrected chi connectivity index (χ4v) is 1.17. The molecule has 1 heteroatoms. The fourth-order valence-electron chi connectivity index (χ4n) is 1.17. The third-order valence-corrected chi connectivity index (χ3v) is 1.74. The highest BCUT2D eigenvalue weighted by Gasteiger charge is 1.95. The Hall–Kier alpha value is -1.37. The Labute approximate surface area is 65.9 Å². The minimum atomic E-state index is 1.17. The maximum absolute atomic E-state index is 3.16. The first-order chi connectivity index (χ1) is 5.36. The van der Waals surface area contributed by atoms with Crippen LogP contribution in [0, 0.1) is 6.07 Å². The van der Waals surface area contributed by atoms with Gasteiger partial charge in [-0.1, -0.05) is 12.1 Å². The molecule has 0 aliphatic rings. The lowest BCUT2D eigenvalue weighted by atomic mass is 10.2. The Balaban J connectivity index is 2.83. The van der Waals surface area contributed by atoms with E-state index in [-0.39, 0.29) is 0 Å². The molecule has 0 spiro atoms. The van der Waals surface area contributed by atoms with Gasteiger partial charge in [0.25, 0.3) is 0 Å². The first kappa shape index (κ1) is 6.35. The third-order valence-electron chi connectivity index (χ3n) is 1.74. The number of fused-ring (bicyclic) bond motifs is 1. The smallest absolute Gasteiger partial charge is 0.176 e. The highest BCUT2D eigenvalue weighted by molar-refractivity contribution is 5.79. The molecule has 2 rings (SSSR count). The first-order valence-corrected chi connectivity index (χ1v) is 3.62. The zero-order valence-electron chi connectivity index (χ0n) is 6.41. The van der Waals surface area contributed by atoms with Crippen molar-refractivity contribution >= 4 is 10.8 Å². The molecule has 0 atom stereocenters. The molecule has 0 unspecified atom stereocenters. The van der Waals surface area contributed by atoms with Crippen LogP contribution in [0.3, 0.4) is 0 Å². The van der Waals surface area contributed by atoms with Crippen molar-refractivity contribution < 1.29 is 4.57 Å². The molecule has 1 nitrogen and oxygen atoms in total. The van der Waals surface area contributed by atoms with Gasteiger partial charge in [0.1, 0.15) is 7.05 Å². The van der Waals surface area contributed by atoms with Crippen molar-refractivity contribution in [2.45, 2.75) is 0 Å². The molecule has 1 radical (unpaired) electrons. The summed E-state index contributed by atoms with van der Waals surface area (Å²) in [6, 6.07) is 11.3. The summed E-state index contributed by atoms with van der Waals surface area (Å²) in [5.74, 6) is 0. The van der Waals surface area contributed by atoms with Crippen LogP contribution in [0.15, 0.2) is 36.7 Å². The Bertz CT molecular complexity index is 379. The molecule has 11 heavy (non-hydrogen) atoms. The van der Waals surface area contributed by atoms with Crippen LogP contribution in [0.5, 0.6) is 0 Å². The summed E-state index contributed by atoms with van der Waals surface area (Å²) >= 11 is 0. The monoisotopic (exact) mass is 143 g/mol. The molecule has 0 aliphatic heterocycles. The van der Waals surface area contributed by atoms with Crippen molar-refractivity contribution in [2.24, 2.45) is 7.05 Å². The van der Waals surface area contributed by atoms with E-state index in [4.69, 9.17) is 0 Å². The normalized spacial score (nSPS) is 10.3. The second-order valence-electron chi connectivity index (χ2n) is 2.65. The Morgan fingerprint density at radius 2 is 2.27 bits per heavy atom. The number of aryl methyl sites for hydroxylation is 1. The average Bonchev–Trinajstić information content (AvgIpc) is 2.04. The standard InChI is InChI=1S/C10H9N/c1-11-7-6-9-4-2-3-5-10(9)8-11/h2-3,5-8H,1H3/q+1. The summed E-state index contributed by atoms with van der Waals surface area (Å²) < 4.78 is 2.04.